The standard InChI is InChI=1S/C20H17ClN4OS3/c21-17(11-15-7-3-1-4-8-15)12-22-23-18(26)14-28-20-25-24-19(29-20)27-13-16-9-5-2-6-10-16/h1-12H,13-14H2,(H,23,26). The molecule has 1 amide bonds. The molecule has 0 fully saturated rings. The molecule has 0 atom stereocenters. The number of amides is 1. The minimum Gasteiger partial charge on any atom is -0.272 e. The molecular formula is C20H17ClN4OS3. The molecule has 0 aliphatic rings. The third-order valence-electron chi connectivity index (χ3n) is 3.40. The van der Waals surface area contributed by atoms with Gasteiger partial charge in [-0.25, -0.2) is 5.43 Å². The highest BCUT2D eigenvalue weighted by molar-refractivity contribution is 8.03. The van der Waals surface area contributed by atoms with Crippen molar-refractivity contribution in [3.05, 3.63) is 76.8 Å². The molecular weight excluding hydrogens is 444 g/mol. The fourth-order valence-corrected chi connectivity index (χ4v) is 5.05. The summed E-state index contributed by atoms with van der Waals surface area (Å²) in [6.45, 7) is 0. The first-order valence-electron chi connectivity index (χ1n) is 8.56. The molecule has 0 saturated heterocycles. The Hall–Kier alpha value is -2.13. The van der Waals surface area contributed by atoms with Gasteiger partial charge in [0.1, 0.15) is 0 Å². The van der Waals surface area contributed by atoms with Gasteiger partial charge in [0, 0.05) is 5.75 Å². The Labute approximate surface area is 186 Å². The van der Waals surface area contributed by atoms with Gasteiger partial charge in [0.2, 0.25) is 0 Å². The number of halogens is 1. The van der Waals surface area contributed by atoms with Gasteiger partial charge in [-0.2, -0.15) is 5.10 Å². The number of aromatic nitrogens is 2. The molecule has 1 heterocycles. The number of nitrogens with zero attached hydrogens (tertiary/aromatic N) is 3. The van der Waals surface area contributed by atoms with E-state index in [1.54, 1.807) is 17.8 Å². The maximum absolute atomic E-state index is 11.9. The second-order valence-corrected chi connectivity index (χ2v) is 9.49. The van der Waals surface area contributed by atoms with Crippen molar-refractivity contribution in [1.29, 1.82) is 0 Å². The highest BCUT2D eigenvalue weighted by Gasteiger charge is 2.08. The predicted octanol–water partition coefficient (Wildman–Crippen LogP) is 5.30. The lowest BCUT2D eigenvalue weighted by atomic mass is 10.2. The van der Waals surface area contributed by atoms with E-state index in [4.69, 9.17) is 11.6 Å². The lowest BCUT2D eigenvalue weighted by Crippen LogP contribution is -2.19. The Balaban J connectivity index is 1.39. The third kappa shape index (κ3) is 8.02. The SMILES string of the molecule is O=C(CSc1nnc(SCc2ccccc2)s1)NN=CC(Cl)=Cc1ccccc1. The van der Waals surface area contributed by atoms with Crippen LogP contribution in [-0.2, 0) is 10.5 Å². The van der Waals surface area contributed by atoms with Gasteiger partial charge in [-0.1, -0.05) is 107 Å². The second kappa shape index (κ2) is 11.8. The van der Waals surface area contributed by atoms with Crippen LogP contribution in [0.15, 0.2) is 79.5 Å². The molecule has 9 heteroatoms. The maximum Gasteiger partial charge on any atom is 0.250 e. The summed E-state index contributed by atoms with van der Waals surface area (Å²) in [5.74, 6) is 0.811. The molecule has 1 N–H and O–H groups in total. The van der Waals surface area contributed by atoms with Gasteiger partial charge >= 0.3 is 0 Å². The van der Waals surface area contributed by atoms with E-state index >= 15 is 0 Å². The fourth-order valence-electron chi connectivity index (χ4n) is 2.10. The summed E-state index contributed by atoms with van der Waals surface area (Å²) in [6.07, 6.45) is 3.17. The van der Waals surface area contributed by atoms with E-state index in [2.05, 4.69) is 32.9 Å². The molecule has 148 valence electrons. The lowest BCUT2D eigenvalue weighted by Gasteiger charge is -1.97. The Morgan fingerprint density at radius 1 is 1.03 bits per heavy atom. The number of carbonyl (C=O) groups is 1. The molecule has 1 aromatic heterocycles. The van der Waals surface area contributed by atoms with Crippen molar-refractivity contribution in [2.45, 2.75) is 14.4 Å². The van der Waals surface area contributed by atoms with E-state index in [0.717, 1.165) is 20.0 Å². The van der Waals surface area contributed by atoms with Gasteiger partial charge in [-0.15, -0.1) is 10.2 Å². The van der Waals surface area contributed by atoms with Crippen LogP contribution in [0.2, 0.25) is 0 Å². The number of benzene rings is 2. The zero-order chi connectivity index (χ0) is 20.3. The first-order chi connectivity index (χ1) is 14.2. The van der Waals surface area contributed by atoms with E-state index in [-0.39, 0.29) is 11.7 Å². The number of allylic oxidation sites excluding steroid dienone is 1. The zero-order valence-electron chi connectivity index (χ0n) is 15.2. The molecule has 0 aliphatic heterocycles. The van der Waals surface area contributed by atoms with E-state index in [1.165, 1.54) is 34.9 Å². The van der Waals surface area contributed by atoms with Gasteiger partial charge in [0.05, 0.1) is 17.0 Å². The molecule has 0 bridgehead atoms. The molecule has 5 nitrogen and oxygen atoms in total. The van der Waals surface area contributed by atoms with Crippen molar-refractivity contribution >= 4 is 64.7 Å². The smallest absolute Gasteiger partial charge is 0.250 e. The molecule has 0 radical (unpaired) electrons. The Bertz CT molecular complexity index is 978. The first kappa shape index (κ1) is 21.6. The van der Waals surface area contributed by atoms with E-state index in [1.807, 2.05) is 48.5 Å². The van der Waals surface area contributed by atoms with Crippen molar-refractivity contribution in [2.75, 3.05) is 5.75 Å². The van der Waals surface area contributed by atoms with Gasteiger partial charge in [0.15, 0.2) is 8.68 Å². The van der Waals surface area contributed by atoms with Crippen LogP contribution in [0.1, 0.15) is 11.1 Å². The summed E-state index contributed by atoms with van der Waals surface area (Å²) in [4.78, 5) is 11.9. The van der Waals surface area contributed by atoms with Crippen LogP contribution >= 0.6 is 46.5 Å². The third-order valence-corrected chi connectivity index (χ3v) is 6.87. The summed E-state index contributed by atoms with van der Waals surface area (Å²) in [5.41, 5.74) is 4.66. The van der Waals surface area contributed by atoms with Crippen molar-refractivity contribution in [3.8, 4) is 0 Å². The highest BCUT2D eigenvalue weighted by Crippen LogP contribution is 2.30. The number of hydrogen-bond acceptors (Lipinski definition) is 7. The van der Waals surface area contributed by atoms with Crippen LogP contribution < -0.4 is 5.43 Å². The molecule has 0 unspecified atom stereocenters. The monoisotopic (exact) mass is 460 g/mol. The van der Waals surface area contributed by atoms with Crippen LogP contribution in [0, 0.1) is 0 Å². The molecule has 3 aromatic rings. The quantitative estimate of drug-likeness (QED) is 0.266. The molecule has 0 saturated carbocycles. The maximum atomic E-state index is 11.9. The van der Waals surface area contributed by atoms with Crippen LogP contribution in [0.4, 0.5) is 0 Å². The predicted molar refractivity (Wildman–Crippen MR) is 124 cm³/mol. The normalized spacial score (nSPS) is 11.7. The van der Waals surface area contributed by atoms with Crippen LogP contribution in [0.3, 0.4) is 0 Å². The highest BCUT2D eigenvalue weighted by atomic mass is 35.5. The van der Waals surface area contributed by atoms with Crippen molar-refractivity contribution in [2.24, 2.45) is 5.10 Å². The van der Waals surface area contributed by atoms with Gasteiger partial charge in [-0.05, 0) is 17.2 Å². The summed E-state index contributed by atoms with van der Waals surface area (Å²) < 4.78 is 1.63. The Morgan fingerprint density at radius 2 is 1.69 bits per heavy atom. The summed E-state index contributed by atoms with van der Waals surface area (Å²) >= 11 is 10.5. The molecule has 0 spiro atoms. The van der Waals surface area contributed by atoms with Crippen LogP contribution in [0.5, 0.6) is 0 Å². The minimum atomic E-state index is -0.232. The summed E-state index contributed by atoms with van der Waals surface area (Å²) in [7, 11) is 0. The first-order valence-corrected chi connectivity index (χ1v) is 11.7. The number of hydrogen-bond donors (Lipinski definition) is 1. The lowest BCUT2D eigenvalue weighted by molar-refractivity contribution is -0.118. The number of rotatable bonds is 9. The fraction of sp³-hybridized carbons (Fsp3) is 0.100. The van der Waals surface area contributed by atoms with Crippen LogP contribution in [0.25, 0.3) is 6.08 Å². The Kier molecular flexibility index (Phi) is 8.76. The Morgan fingerprint density at radius 3 is 2.41 bits per heavy atom. The summed E-state index contributed by atoms with van der Waals surface area (Å²) in [6, 6.07) is 19.8. The zero-order valence-corrected chi connectivity index (χ0v) is 18.4. The van der Waals surface area contributed by atoms with Crippen molar-refractivity contribution in [1.82, 2.24) is 15.6 Å². The van der Waals surface area contributed by atoms with Gasteiger partial charge in [-0.3, -0.25) is 4.79 Å². The van der Waals surface area contributed by atoms with E-state index in [0.29, 0.717) is 5.03 Å². The molecule has 0 aliphatic carbocycles. The topological polar surface area (TPSA) is 67.2 Å². The number of carbonyl (C=O) groups excluding carboxylic acids is 1. The average molecular weight is 461 g/mol. The van der Waals surface area contributed by atoms with Crippen molar-refractivity contribution in [3.63, 3.8) is 0 Å². The van der Waals surface area contributed by atoms with Gasteiger partial charge < -0.3 is 0 Å². The average Bonchev–Trinajstić information content (AvgIpc) is 3.20. The number of hydrazone groups is 1. The number of nitrogens with one attached hydrogen (secondary N) is 1. The minimum absolute atomic E-state index is 0.204. The van der Waals surface area contributed by atoms with Crippen LogP contribution in [-0.4, -0.2) is 28.1 Å². The van der Waals surface area contributed by atoms with Crippen molar-refractivity contribution < 1.29 is 4.79 Å². The second-order valence-electron chi connectivity index (χ2n) is 5.63. The van der Waals surface area contributed by atoms with Gasteiger partial charge in [0.25, 0.3) is 5.91 Å². The van der Waals surface area contributed by atoms with E-state index < -0.39 is 0 Å². The largest absolute Gasteiger partial charge is 0.272 e. The molecule has 29 heavy (non-hydrogen) atoms. The molecule has 2 aromatic carbocycles. The van der Waals surface area contributed by atoms with E-state index in [9.17, 15) is 4.79 Å². The summed E-state index contributed by atoms with van der Waals surface area (Å²) in [5, 5.41) is 12.6. The number of thioether (sulfide) groups is 2. The molecule has 3 rings (SSSR count).